The van der Waals surface area contributed by atoms with Gasteiger partial charge in [-0.2, -0.15) is 0 Å². The maximum Gasteiger partial charge on any atom is 0.258 e. The number of amides is 2. The maximum absolute atomic E-state index is 13.0. The molecule has 2 amide bonds. The van der Waals surface area contributed by atoms with Crippen LogP contribution in [-0.2, 0) is 4.79 Å². The first-order valence-corrected chi connectivity index (χ1v) is 10.7. The Balaban J connectivity index is 1.62. The second kappa shape index (κ2) is 11.0. The molecule has 5 nitrogen and oxygen atoms in total. The topological polar surface area (TPSA) is 61.4 Å². The van der Waals surface area contributed by atoms with E-state index in [0.29, 0.717) is 12.1 Å². The van der Waals surface area contributed by atoms with Crippen LogP contribution in [0.1, 0.15) is 42.2 Å². The molecule has 0 spiro atoms. The molecule has 0 saturated carbocycles. The van der Waals surface area contributed by atoms with Crippen molar-refractivity contribution in [1.82, 2.24) is 5.32 Å². The van der Waals surface area contributed by atoms with Gasteiger partial charge in [0.2, 0.25) is 5.91 Å². The normalized spacial score (nSPS) is 11.4. The Morgan fingerprint density at radius 3 is 2.19 bits per heavy atom. The largest absolute Gasteiger partial charge is 0.376 e. The molecule has 31 heavy (non-hydrogen) atoms. The Kier molecular flexibility index (Phi) is 7.82. The van der Waals surface area contributed by atoms with Crippen molar-refractivity contribution in [2.75, 3.05) is 23.3 Å². The Hall–Kier alpha value is -3.60. The molecule has 1 unspecified atom stereocenters. The van der Waals surface area contributed by atoms with E-state index in [1.807, 2.05) is 86.6 Å². The third kappa shape index (κ3) is 5.95. The lowest BCUT2D eigenvalue weighted by Crippen LogP contribution is -2.33. The summed E-state index contributed by atoms with van der Waals surface area (Å²) in [4.78, 5) is 27.2. The molecule has 0 radical (unpaired) electrons. The first-order valence-electron chi connectivity index (χ1n) is 10.7. The lowest BCUT2D eigenvalue weighted by molar-refractivity contribution is -0.120. The molecular weight excluding hydrogens is 386 g/mol. The first kappa shape index (κ1) is 22.1. The highest BCUT2D eigenvalue weighted by Crippen LogP contribution is 2.19. The molecule has 1 atom stereocenters. The lowest BCUT2D eigenvalue weighted by Gasteiger charge is -2.21. The Morgan fingerprint density at radius 2 is 1.55 bits per heavy atom. The summed E-state index contributed by atoms with van der Waals surface area (Å²) in [6, 6.07) is 26.8. The van der Waals surface area contributed by atoms with Crippen LogP contribution in [0.2, 0.25) is 0 Å². The van der Waals surface area contributed by atoms with Crippen molar-refractivity contribution in [3.05, 3.63) is 96.1 Å². The van der Waals surface area contributed by atoms with Gasteiger partial charge >= 0.3 is 0 Å². The summed E-state index contributed by atoms with van der Waals surface area (Å²) in [5.74, 6) is -0.163. The zero-order chi connectivity index (χ0) is 22.1. The van der Waals surface area contributed by atoms with Crippen LogP contribution in [-0.4, -0.2) is 24.9 Å². The SMILES string of the molecule is CCC(NC(=O)CNc1cccc(C(=O)N(CC)c2ccccc2)c1)c1ccccc1. The van der Waals surface area contributed by atoms with Gasteiger partial charge in [0, 0.05) is 23.5 Å². The number of carbonyl (C=O) groups excluding carboxylic acids is 2. The minimum atomic E-state index is -0.0908. The van der Waals surface area contributed by atoms with Crippen LogP contribution >= 0.6 is 0 Å². The zero-order valence-electron chi connectivity index (χ0n) is 18.0. The summed E-state index contributed by atoms with van der Waals surface area (Å²) < 4.78 is 0. The molecule has 2 N–H and O–H groups in total. The predicted molar refractivity (Wildman–Crippen MR) is 126 cm³/mol. The van der Waals surface area contributed by atoms with Crippen LogP contribution in [0.4, 0.5) is 11.4 Å². The summed E-state index contributed by atoms with van der Waals surface area (Å²) in [6.07, 6.45) is 0.812. The molecule has 160 valence electrons. The Morgan fingerprint density at radius 1 is 0.871 bits per heavy atom. The van der Waals surface area contributed by atoms with Gasteiger partial charge in [-0.15, -0.1) is 0 Å². The fraction of sp³-hybridized carbons (Fsp3) is 0.231. The van der Waals surface area contributed by atoms with E-state index in [1.54, 1.807) is 17.0 Å². The molecular formula is C26H29N3O2. The van der Waals surface area contributed by atoms with Gasteiger partial charge in [0.25, 0.3) is 5.91 Å². The van der Waals surface area contributed by atoms with Gasteiger partial charge in [-0.25, -0.2) is 0 Å². The van der Waals surface area contributed by atoms with E-state index in [2.05, 4.69) is 10.6 Å². The van der Waals surface area contributed by atoms with Crippen molar-refractivity contribution in [2.45, 2.75) is 26.3 Å². The number of benzene rings is 3. The van der Waals surface area contributed by atoms with Crippen LogP contribution in [0.25, 0.3) is 0 Å². The van der Waals surface area contributed by atoms with Gasteiger partial charge in [-0.1, -0.05) is 61.5 Å². The van der Waals surface area contributed by atoms with Crippen molar-refractivity contribution in [1.29, 1.82) is 0 Å². The third-order valence-electron chi connectivity index (χ3n) is 5.14. The highest BCUT2D eigenvalue weighted by molar-refractivity contribution is 6.06. The van der Waals surface area contributed by atoms with Crippen LogP contribution in [0.15, 0.2) is 84.9 Å². The van der Waals surface area contributed by atoms with Crippen LogP contribution in [0.5, 0.6) is 0 Å². The molecule has 5 heteroatoms. The summed E-state index contributed by atoms with van der Waals surface area (Å²) >= 11 is 0. The minimum Gasteiger partial charge on any atom is -0.376 e. The highest BCUT2D eigenvalue weighted by atomic mass is 16.2. The standard InChI is InChI=1S/C26H29N3O2/c1-3-24(20-12-7-5-8-13-20)28-25(30)19-27-22-15-11-14-21(18-22)26(31)29(4-2)23-16-9-6-10-17-23/h5-18,24,27H,3-4,19H2,1-2H3,(H,28,30). The minimum absolute atomic E-state index is 0.0209. The van der Waals surface area contributed by atoms with Gasteiger partial charge < -0.3 is 15.5 Å². The summed E-state index contributed by atoms with van der Waals surface area (Å²) in [6.45, 7) is 4.71. The number of hydrogen-bond donors (Lipinski definition) is 2. The number of nitrogens with one attached hydrogen (secondary N) is 2. The number of para-hydroxylation sites is 1. The van der Waals surface area contributed by atoms with Gasteiger partial charge in [0.15, 0.2) is 0 Å². The van der Waals surface area contributed by atoms with Crippen molar-refractivity contribution >= 4 is 23.2 Å². The monoisotopic (exact) mass is 415 g/mol. The van der Waals surface area contributed by atoms with E-state index in [1.165, 1.54) is 0 Å². The van der Waals surface area contributed by atoms with Gasteiger partial charge in [0.1, 0.15) is 0 Å². The highest BCUT2D eigenvalue weighted by Gasteiger charge is 2.17. The summed E-state index contributed by atoms with van der Waals surface area (Å²) in [5.41, 5.74) is 3.26. The number of rotatable bonds is 9. The van der Waals surface area contributed by atoms with E-state index in [9.17, 15) is 9.59 Å². The van der Waals surface area contributed by atoms with Crippen molar-refractivity contribution in [3.8, 4) is 0 Å². The van der Waals surface area contributed by atoms with E-state index in [-0.39, 0.29) is 24.4 Å². The van der Waals surface area contributed by atoms with Gasteiger partial charge in [-0.3, -0.25) is 9.59 Å². The molecule has 0 aliphatic carbocycles. The summed E-state index contributed by atoms with van der Waals surface area (Å²) in [5, 5.41) is 6.20. The fourth-order valence-corrected chi connectivity index (χ4v) is 3.50. The smallest absolute Gasteiger partial charge is 0.258 e. The van der Waals surface area contributed by atoms with Crippen LogP contribution in [0, 0.1) is 0 Å². The second-order valence-electron chi connectivity index (χ2n) is 7.26. The van der Waals surface area contributed by atoms with Gasteiger partial charge in [0.05, 0.1) is 12.6 Å². The molecule has 3 aromatic carbocycles. The fourth-order valence-electron chi connectivity index (χ4n) is 3.50. The second-order valence-corrected chi connectivity index (χ2v) is 7.26. The Labute approximate surface area is 184 Å². The molecule has 3 rings (SSSR count). The molecule has 0 aliphatic heterocycles. The third-order valence-corrected chi connectivity index (χ3v) is 5.14. The molecule has 3 aromatic rings. The van der Waals surface area contributed by atoms with Crippen molar-refractivity contribution in [2.24, 2.45) is 0 Å². The molecule has 0 bridgehead atoms. The molecule has 0 aromatic heterocycles. The maximum atomic E-state index is 13.0. The number of nitrogens with zero attached hydrogens (tertiary/aromatic N) is 1. The molecule has 0 fully saturated rings. The number of anilines is 2. The van der Waals surface area contributed by atoms with Gasteiger partial charge in [-0.05, 0) is 49.2 Å². The van der Waals surface area contributed by atoms with Crippen molar-refractivity contribution in [3.63, 3.8) is 0 Å². The van der Waals surface area contributed by atoms with Crippen LogP contribution in [0.3, 0.4) is 0 Å². The molecule has 0 saturated heterocycles. The van der Waals surface area contributed by atoms with Crippen LogP contribution < -0.4 is 15.5 Å². The number of hydrogen-bond acceptors (Lipinski definition) is 3. The summed E-state index contributed by atoms with van der Waals surface area (Å²) in [7, 11) is 0. The van der Waals surface area contributed by atoms with E-state index in [0.717, 1.165) is 23.4 Å². The van der Waals surface area contributed by atoms with Crippen molar-refractivity contribution < 1.29 is 9.59 Å². The van der Waals surface area contributed by atoms with E-state index in [4.69, 9.17) is 0 Å². The Bertz CT molecular complexity index is 990. The van der Waals surface area contributed by atoms with E-state index < -0.39 is 0 Å². The zero-order valence-corrected chi connectivity index (χ0v) is 18.0. The first-order chi connectivity index (χ1) is 15.1. The average molecular weight is 416 g/mol. The molecule has 0 aliphatic rings. The molecule has 0 heterocycles. The quantitative estimate of drug-likeness (QED) is 0.515. The lowest BCUT2D eigenvalue weighted by atomic mass is 10.0. The average Bonchev–Trinajstić information content (AvgIpc) is 2.83. The predicted octanol–water partition coefficient (Wildman–Crippen LogP) is 5.03. The van der Waals surface area contributed by atoms with E-state index >= 15 is 0 Å². The number of carbonyl (C=O) groups is 2.